The molecule has 8 heteroatoms. The van der Waals surface area contributed by atoms with Crippen LogP contribution in [0.1, 0.15) is 12.5 Å². The van der Waals surface area contributed by atoms with Crippen LogP contribution in [0.2, 0.25) is 5.02 Å². The second-order valence-electron chi connectivity index (χ2n) is 4.00. The zero-order valence-corrected chi connectivity index (χ0v) is 13.5. The Bertz CT molecular complexity index is 566. The quantitative estimate of drug-likeness (QED) is 0.715. The number of methoxy groups -OCH3 is 1. The number of halogens is 3. The van der Waals surface area contributed by atoms with E-state index in [1.165, 1.54) is 17.5 Å². The highest BCUT2D eigenvalue weighted by atomic mass is 35.5. The van der Waals surface area contributed by atoms with E-state index in [2.05, 4.69) is 0 Å². The van der Waals surface area contributed by atoms with Gasteiger partial charge in [0.15, 0.2) is 0 Å². The van der Waals surface area contributed by atoms with Crippen molar-refractivity contribution in [2.24, 2.45) is 0 Å². The standard InChI is InChI=1S/C12H16Cl2FNO3S/c1-3-16(4-5-19-2)20(17,18)10-6-9(8-13)12(14)11(15)7-10/h6-7H,3-5,8H2,1-2H3. The maximum atomic E-state index is 13.7. The Hall–Kier alpha value is -0.400. The minimum atomic E-state index is -3.80. The summed E-state index contributed by atoms with van der Waals surface area (Å²) in [6.07, 6.45) is 0. The minimum Gasteiger partial charge on any atom is -0.383 e. The van der Waals surface area contributed by atoms with Gasteiger partial charge >= 0.3 is 0 Å². The van der Waals surface area contributed by atoms with Crippen LogP contribution in [0.25, 0.3) is 0 Å². The Morgan fingerprint density at radius 2 is 2.05 bits per heavy atom. The van der Waals surface area contributed by atoms with Gasteiger partial charge in [0, 0.05) is 26.1 Å². The maximum absolute atomic E-state index is 13.7. The molecule has 0 aromatic heterocycles. The molecule has 0 amide bonds. The molecule has 0 aliphatic rings. The lowest BCUT2D eigenvalue weighted by atomic mass is 10.2. The average Bonchev–Trinajstić information content (AvgIpc) is 2.42. The van der Waals surface area contributed by atoms with E-state index in [0.717, 1.165) is 6.07 Å². The largest absolute Gasteiger partial charge is 0.383 e. The number of likely N-dealkylation sites (N-methyl/N-ethyl adjacent to an activating group) is 1. The van der Waals surface area contributed by atoms with Crippen molar-refractivity contribution in [2.75, 3.05) is 26.8 Å². The fourth-order valence-corrected chi connectivity index (χ4v) is 3.61. The molecule has 1 aromatic carbocycles. The summed E-state index contributed by atoms with van der Waals surface area (Å²) in [5, 5.41) is -0.154. The fourth-order valence-electron chi connectivity index (χ4n) is 1.65. The van der Waals surface area contributed by atoms with Gasteiger partial charge in [-0.25, -0.2) is 12.8 Å². The van der Waals surface area contributed by atoms with Crippen molar-refractivity contribution in [1.29, 1.82) is 0 Å². The lowest BCUT2D eigenvalue weighted by molar-refractivity contribution is 0.180. The summed E-state index contributed by atoms with van der Waals surface area (Å²) in [6, 6.07) is 2.20. The van der Waals surface area contributed by atoms with Gasteiger partial charge in [0.2, 0.25) is 10.0 Å². The Morgan fingerprint density at radius 3 is 2.55 bits per heavy atom. The molecule has 1 aromatic rings. The Balaban J connectivity index is 3.23. The van der Waals surface area contributed by atoms with E-state index in [1.54, 1.807) is 6.92 Å². The molecule has 1 rings (SSSR count). The van der Waals surface area contributed by atoms with Crippen LogP contribution in [0.15, 0.2) is 17.0 Å². The fraction of sp³-hybridized carbons (Fsp3) is 0.500. The predicted molar refractivity (Wildman–Crippen MR) is 77.3 cm³/mol. The highest BCUT2D eigenvalue weighted by Crippen LogP contribution is 2.27. The average molecular weight is 344 g/mol. The van der Waals surface area contributed by atoms with E-state index in [9.17, 15) is 12.8 Å². The van der Waals surface area contributed by atoms with Crippen LogP contribution in [0.5, 0.6) is 0 Å². The first kappa shape index (κ1) is 17.7. The minimum absolute atomic E-state index is 0.0662. The van der Waals surface area contributed by atoms with Gasteiger partial charge in [0.1, 0.15) is 5.82 Å². The third-order valence-electron chi connectivity index (χ3n) is 2.76. The van der Waals surface area contributed by atoms with Crippen molar-refractivity contribution in [3.63, 3.8) is 0 Å². The normalized spacial score (nSPS) is 12.1. The van der Waals surface area contributed by atoms with E-state index in [4.69, 9.17) is 27.9 Å². The summed E-state index contributed by atoms with van der Waals surface area (Å²) in [6.45, 7) is 2.40. The third-order valence-corrected chi connectivity index (χ3v) is 5.42. The van der Waals surface area contributed by atoms with Crippen LogP contribution >= 0.6 is 23.2 Å². The highest BCUT2D eigenvalue weighted by molar-refractivity contribution is 7.89. The lowest BCUT2D eigenvalue weighted by Gasteiger charge is -2.20. The number of hydrogen-bond donors (Lipinski definition) is 0. The molecule has 0 atom stereocenters. The number of nitrogens with zero attached hydrogens (tertiary/aromatic N) is 1. The summed E-state index contributed by atoms with van der Waals surface area (Å²) in [5.41, 5.74) is 0.245. The Morgan fingerprint density at radius 1 is 1.40 bits per heavy atom. The first-order valence-corrected chi connectivity index (χ1v) is 8.26. The van der Waals surface area contributed by atoms with E-state index in [-0.39, 0.29) is 41.1 Å². The smallest absolute Gasteiger partial charge is 0.243 e. The van der Waals surface area contributed by atoms with E-state index in [0.29, 0.717) is 0 Å². The molecular weight excluding hydrogens is 328 g/mol. The van der Waals surface area contributed by atoms with Gasteiger partial charge in [0.25, 0.3) is 0 Å². The number of rotatable bonds is 7. The van der Waals surface area contributed by atoms with Crippen LogP contribution in [-0.2, 0) is 20.6 Å². The van der Waals surface area contributed by atoms with Gasteiger partial charge < -0.3 is 4.74 Å². The number of benzene rings is 1. The summed E-state index contributed by atoms with van der Waals surface area (Å²) in [7, 11) is -2.32. The van der Waals surface area contributed by atoms with Crippen molar-refractivity contribution < 1.29 is 17.5 Å². The third kappa shape index (κ3) is 3.83. The molecule has 0 saturated carbocycles. The molecule has 4 nitrogen and oxygen atoms in total. The monoisotopic (exact) mass is 343 g/mol. The molecule has 0 spiro atoms. The molecule has 0 N–H and O–H groups in total. The Kier molecular flexibility index (Phi) is 6.68. The second-order valence-corrected chi connectivity index (χ2v) is 6.58. The van der Waals surface area contributed by atoms with Crippen LogP contribution in [0.3, 0.4) is 0 Å². The van der Waals surface area contributed by atoms with Crippen molar-refractivity contribution in [1.82, 2.24) is 4.31 Å². The zero-order chi connectivity index (χ0) is 15.3. The van der Waals surface area contributed by atoms with Crippen LogP contribution in [0.4, 0.5) is 4.39 Å². The first-order chi connectivity index (χ1) is 9.38. The predicted octanol–water partition coefficient (Wildman–Crippen LogP) is 2.87. The summed E-state index contributed by atoms with van der Waals surface area (Å²) in [4.78, 5) is -0.159. The number of sulfonamides is 1. The lowest BCUT2D eigenvalue weighted by Crippen LogP contribution is -2.33. The van der Waals surface area contributed by atoms with E-state index >= 15 is 0 Å². The first-order valence-electron chi connectivity index (χ1n) is 5.91. The molecule has 0 aliphatic carbocycles. The van der Waals surface area contributed by atoms with Crippen molar-refractivity contribution in [2.45, 2.75) is 17.7 Å². The number of alkyl halides is 1. The topological polar surface area (TPSA) is 46.6 Å². The molecule has 0 heterocycles. The van der Waals surface area contributed by atoms with Crippen molar-refractivity contribution >= 4 is 33.2 Å². The van der Waals surface area contributed by atoms with Gasteiger partial charge in [-0.3, -0.25) is 0 Å². The molecule has 114 valence electrons. The summed E-state index contributed by atoms with van der Waals surface area (Å²) in [5.74, 6) is -0.866. The van der Waals surface area contributed by atoms with Crippen LogP contribution < -0.4 is 0 Å². The molecule has 0 aliphatic heterocycles. The van der Waals surface area contributed by atoms with E-state index < -0.39 is 15.8 Å². The molecule has 0 saturated heterocycles. The van der Waals surface area contributed by atoms with Crippen molar-refractivity contribution in [3.8, 4) is 0 Å². The van der Waals surface area contributed by atoms with Gasteiger partial charge in [-0.1, -0.05) is 18.5 Å². The van der Waals surface area contributed by atoms with Gasteiger partial charge in [-0.05, 0) is 17.7 Å². The molecular formula is C12H16Cl2FNO3S. The summed E-state index contributed by atoms with van der Waals surface area (Å²) < 4.78 is 44.6. The Labute approximate surface area is 128 Å². The molecule has 0 bridgehead atoms. The maximum Gasteiger partial charge on any atom is 0.243 e. The van der Waals surface area contributed by atoms with Crippen LogP contribution in [0, 0.1) is 5.82 Å². The van der Waals surface area contributed by atoms with Crippen molar-refractivity contribution in [3.05, 3.63) is 28.5 Å². The molecule has 0 fully saturated rings. The number of ether oxygens (including phenoxy) is 1. The summed E-state index contributed by atoms with van der Waals surface area (Å²) >= 11 is 11.4. The molecule has 0 unspecified atom stereocenters. The van der Waals surface area contributed by atoms with Gasteiger partial charge in [-0.2, -0.15) is 4.31 Å². The van der Waals surface area contributed by atoms with E-state index in [1.807, 2.05) is 0 Å². The van der Waals surface area contributed by atoms with Gasteiger partial charge in [-0.15, -0.1) is 11.6 Å². The SMILES string of the molecule is CCN(CCOC)S(=O)(=O)c1cc(F)c(Cl)c(CCl)c1. The van der Waals surface area contributed by atoms with Gasteiger partial charge in [0.05, 0.1) is 16.5 Å². The highest BCUT2D eigenvalue weighted by Gasteiger charge is 2.25. The molecule has 0 radical (unpaired) electrons. The van der Waals surface area contributed by atoms with Crippen LogP contribution in [-0.4, -0.2) is 39.5 Å². The zero-order valence-electron chi connectivity index (χ0n) is 11.2. The number of hydrogen-bond acceptors (Lipinski definition) is 3. The molecule has 20 heavy (non-hydrogen) atoms. The second kappa shape index (κ2) is 7.56.